The van der Waals surface area contributed by atoms with Crippen molar-refractivity contribution >= 4 is 34.7 Å². The molecule has 0 radical (unpaired) electrons. The molecule has 0 saturated carbocycles. The topological polar surface area (TPSA) is 49.9 Å². The van der Waals surface area contributed by atoms with Crippen molar-refractivity contribution in [1.29, 1.82) is 0 Å². The number of likely N-dealkylation sites (tertiary alicyclic amines) is 1. The van der Waals surface area contributed by atoms with E-state index < -0.39 is 0 Å². The zero-order valence-electron chi connectivity index (χ0n) is 16.4. The predicted molar refractivity (Wildman–Crippen MR) is 114 cm³/mol. The van der Waals surface area contributed by atoms with Crippen LogP contribution in [-0.4, -0.2) is 36.4 Å². The molecule has 2 aromatic carbocycles. The number of hydrogen-bond donors (Lipinski definition) is 0. The molecule has 150 valence electrons. The van der Waals surface area contributed by atoms with Crippen LogP contribution in [0.5, 0.6) is 5.75 Å². The van der Waals surface area contributed by atoms with E-state index >= 15 is 0 Å². The molecule has 0 aromatic heterocycles. The number of anilines is 1. The Hall–Kier alpha value is -2.79. The van der Waals surface area contributed by atoms with E-state index in [1.54, 1.807) is 24.3 Å². The van der Waals surface area contributed by atoms with E-state index in [1.807, 2.05) is 36.1 Å². The van der Waals surface area contributed by atoms with Gasteiger partial charge in [-0.15, -0.1) is 0 Å². The van der Waals surface area contributed by atoms with Crippen LogP contribution < -0.4 is 9.64 Å². The first-order valence-electron chi connectivity index (χ1n) is 9.97. The monoisotopic (exact) mass is 410 g/mol. The molecule has 6 heteroatoms. The highest BCUT2D eigenvalue weighted by Gasteiger charge is 2.43. The van der Waals surface area contributed by atoms with Crippen LogP contribution in [0, 0.1) is 0 Å². The Morgan fingerprint density at radius 1 is 0.966 bits per heavy atom. The van der Waals surface area contributed by atoms with Gasteiger partial charge in [-0.1, -0.05) is 42.8 Å². The van der Waals surface area contributed by atoms with Crippen LogP contribution in [0.1, 0.15) is 31.7 Å². The van der Waals surface area contributed by atoms with Gasteiger partial charge in [0.15, 0.2) is 0 Å². The Morgan fingerprint density at radius 2 is 1.66 bits per heavy atom. The van der Waals surface area contributed by atoms with Crippen LogP contribution in [0.15, 0.2) is 54.2 Å². The molecular formula is C23H23ClN2O3. The van der Waals surface area contributed by atoms with Gasteiger partial charge in [0.05, 0.1) is 22.9 Å². The maximum Gasteiger partial charge on any atom is 0.282 e. The molecule has 0 spiro atoms. The molecule has 2 amide bonds. The smallest absolute Gasteiger partial charge is 0.282 e. The van der Waals surface area contributed by atoms with Crippen LogP contribution in [0.4, 0.5) is 5.69 Å². The van der Waals surface area contributed by atoms with Crippen molar-refractivity contribution in [3.8, 4) is 5.75 Å². The van der Waals surface area contributed by atoms with Gasteiger partial charge >= 0.3 is 0 Å². The van der Waals surface area contributed by atoms with Crippen LogP contribution in [0.3, 0.4) is 0 Å². The van der Waals surface area contributed by atoms with E-state index in [9.17, 15) is 9.59 Å². The van der Waals surface area contributed by atoms with Crippen LogP contribution in [0.25, 0.3) is 5.57 Å². The number of carbonyl (C=O) groups is 2. The molecule has 2 heterocycles. The van der Waals surface area contributed by atoms with Crippen molar-refractivity contribution in [1.82, 2.24) is 4.90 Å². The predicted octanol–water partition coefficient (Wildman–Crippen LogP) is 4.51. The zero-order valence-corrected chi connectivity index (χ0v) is 17.1. The van der Waals surface area contributed by atoms with Gasteiger partial charge in [-0.2, -0.15) is 0 Å². The summed E-state index contributed by atoms with van der Waals surface area (Å²) in [5.74, 6) is 0.0946. The second-order valence-electron chi connectivity index (χ2n) is 7.19. The molecule has 2 aliphatic heterocycles. The fourth-order valence-electron chi connectivity index (χ4n) is 3.80. The molecule has 29 heavy (non-hydrogen) atoms. The first-order valence-corrected chi connectivity index (χ1v) is 10.4. The third-order valence-electron chi connectivity index (χ3n) is 5.19. The second-order valence-corrected chi connectivity index (χ2v) is 7.59. The summed E-state index contributed by atoms with van der Waals surface area (Å²) in [5, 5.41) is 0.375. The summed E-state index contributed by atoms with van der Waals surface area (Å²) in [6, 6.07) is 14.3. The number of carbonyl (C=O) groups excluding carboxylic acids is 2. The van der Waals surface area contributed by atoms with Gasteiger partial charge in [0.25, 0.3) is 11.8 Å². The number of hydrogen-bond acceptors (Lipinski definition) is 4. The van der Waals surface area contributed by atoms with E-state index in [2.05, 4.69) is 0 Å². The number of imide groups is 1. The van der Waals surface area contributed by atoms with Crippen molar-refractivity contribution in [3.05, 3.63) is 64.8 Å². The van der Waals surface area contributed by atoms with Gasteiger partial charge < -0.3 is 9.64 Å². The summed E-state index contributed by atoms with van der Waals surface area (Å²) in [4.78, 5) is 30.0. The molecule has 5 nitrogen and oxygen atoms in total. The van der Waals surface area contributed by atoms with E-state index in [0.717, 1.165) is 38.1 Å². The van der Waals surface area contributed by atoms with Crippen molar-refractivity contribution in [3.63, 3.8) is 0 Å². The zero-order chi connectivity index (χ0) is 20.4. The van der Waals surface area contributed by atoms with E-state index in [-0.39, 0.29) is 11.8 Å². The first kappa shape index (κ1) is 19.5. The average Bonchev–Trinajstić information content (AvgIpc) is 3.34. The number of halogens is 1. The number of ether oxygens (including phenoxy) is 1. The van der Waals surface area contributed by atoms with Crippen molar-refractivity contribution in [2.45, 2.75) is 26.2 Å². The molecule has 0 unspecified atom stereocenters. The Bertz CT molecular complexity index is 962. The van der Waals surface area contributed by atoms with E-state index in [0.29, 0.717) is 34.2 Å². The van der Waals surface area contributed by atoms with Gasteiger partial charge in [-0.25, -0.2) is 4.90 Å². The SMILES string of the molecule is CCCOc1ccc(C2=C(N3CCCC3)C(=O)N(c3ccccc3Cl)C2=O)cc1. The molecule has 0 atom stereocenters. The summed E-state index contributed by atoms with van der Waals surface area (Å²) < 4.78 is 5.65. The van der Waals surface area contributed by atoms with Crippen LogP contribution in [0.2, 0.25) is 5.02 Å². The Labute approximate surface area is 175 Å². The Kier molecular flexibility index (Phi) is 5.58. The third kappa shape index (κ3) is 3.62. The number of amides is 2. The molecule has 2 aromatic rings. The highest BCUT2D eigenvalue weighted by Crippen LogP contribution is 2.38. The molecular weight excluding hydrogens is 388 g/mol. The molecule has 0 N–H and O–H groups in total. The minimum atomic E-state index is -0.341. The summed E-state index contributed by atoms with van der Waals surface area (Å²) in [5.41, 5.74) is 2.02. The lowest BCUT2D eigenvalue weighted by Crippen LogP contribution is -2.34. The Morgan fingerprint density at radius 3 is 2.31 bits per heavy atom. The van der Waals surface area contributed by atoms with Crippen LogP contribution in [-0.2, 0) is 9.59 Å². The standard InChI is InChI=1S/C23H23ClN2O3/c1-2-15-29-17-11-9-16(10-12-17)20-21(25-13-5-6-14-25)23(28)26(22(20)27)19-8-4-3-7-18(19)24/h3-4,7-12H,2,5-6,13-15H2,1H3. The minimum absolute atomic E-state index is 0.314. The number of rotatable bonds is 6. The second kappa shape index (κ2) is 8.29. The largest absolute Gasteiger partial charge is 0.494 e. The normalized spacial score (nSPS) is 16.9. The molecule has 0 aliphatic carbocycles. The lowest BCUT2D eigenvalue weighted by Gasteiger charge is -2.20. The fraction of sp³-hybridized carbons (Fsp3) is 0.304. The maximum absolute atomic E-state index is 13.4. The summed E-state index contributed by atoms with van der Waals surface area (Å²) >= 11 is 6.31. The maximum atomic E-state index is 13.4. The summed E-state index contributed by atoms with van der Waals surface area (Å²) in [6.07, 6.45) is 2.94. The van der Waals surface area contributed by atoms with E-state index in [4.69, 9.17) is 16.3 Å². The average molecular weight is 411 g/mol. The minimum Gasteiger partial charge on any atom is -0.494 e. The molecule has 4 rings (SSSR count). The molecule has 1 saturated heterocycles. The summed E-state index contributed by atoms with van der Waals surface area (Å²) in [7, 11) is 0. The quantitative estimate of drug-likeness (QED) is 0.657. The molecule has 0 bridgehead atoms. The van der Waals surface area contributed by atoms with Gasteiger partial charge in [-0.05, 0) is 49.1 Å². The lowest BCUT2D eigenvalue weighted by atomic mass is 10.0. The van der Waals surface area contributed by atoms with Crippen molar-refractivity contribution in [2.24, 2.45) is 0 Å². The van der Waals surface area contributed by atoms with E-state index in [1.165, 1.54) is 4.90 Å². The Balaban J connectivity index is 1.76. The fourth-order valence-corrected chi connectivity index (χ4v) is 4.02. The molecule has 1 fully saturated rings. The van der Waals surface area contributed by atoms with Gasteiger partial charge in [0, 0.05) is 13.1 Å². The molecule has 2 aliphatic rings. The number of nitrogens with zero attached hydrogens (tertiary/aromatic N) is 2. The van der Waals surface area contributed by atoms with Crippen molar-refractivity contribution in [2.75, 3.05) is 24.6 Å². The number of benzene rings is 2. The number of para-hydroxylation sites is 1. The van der Waals surface area contributed by atoms with Gasteiger partial charge in [-0.3, -0.25) is 9.59 Å². The lowest BCUT2D eigenvalue weighted by molar-refractivity contribution is -0.120. The highest BCUT2D eigenvalue weighted by molar-refractivity contribution is 6.47. The van der Waals surface area contributed by atoms with Gasteiger partial charge in [0.1, 0.15) is 11.4 Å². The third-order valence-corrected chi connectivity index (χ3v) is 5.51. The highest BCUT2D eigenvalue weighted by atomic mass is 35.5. The van der Waals surface area contributed by atoms with Crippen molar-refractivity contribution < 1.29 is 14.3 Å². The van der Waals surface area contributed by atoms with Gasteiger partial charge in [0.2, 0.25) is 0 Å². The summed E-state index contributed by atoms with van der Waals surface area (Å²) in [6.45, 7) is 4.23. The first-order chi connectivity index (χ1) is 14.1. The van der Waals surface area contributed by atoms with Crippen LogP contribution >= 0.6 is 11.6 Å².